The van der Waals surface area contributed by atoms with Crippen molar-refractivity contribution < 1.29 is 4.39 Å². The first-order chi connectivity index (χ1) is 11.2. The third kappa shape index (κ3) is 3.22. The molecule has 0 amide bonds. The van der Waals surface area contributed by atoms with E-state index in [9.17, 15) is 4.39 Å². The lowest BCUT2D eigenvalue weighted by Crippen LogP contribution is -2.25. The average molecular weight is 326 g/mol. The van der Waals surface area contributed by atoms with Gasteiger partial charge in [0, 0.05) is 35.9 Å². The summed E-state index contributed by atoms with van der Waals surface area (Å²) in [5, 5.41) is 1.97. The van der Waals surface area contributed by atoms with Crippen LogP contribution in [0.5, 0.6) is 0 Å². The highest BCUT2D eigenvalue weighted by atomic mass is 32.1. The van der Waals surface area contributed by atoms with Gasteiger partial charge >= 0.3 is 0 Å². The Hall–Kier alpha value is -2.73. The molecule has 23 heavy (non-hydrogen) atoms. The molecular formula is C17H15FN4S. The molecule has 0 saturated carbocycles. The number of nitrogens with one attached hydrogen (secondary N) is 1. The second kappa shape index (κ2) is 6.58. The Morgan fingerprint density at radius 2 is 1.91 bits per heavy atom. The number of rotatable bonds is 4. The Labute approximate surface area is 137 Å². The van der Waals surface area contributed by atoms with Crippen molar-refractivity contribution in [1.29, 1.82) is 0 Å². The second-order valence-corrected chi connectivity index (χ2v) is 5.63. The molecule has 0 bridgehead atoms. The molecule has 0 aliphatic carbocycles. The maximum atomic E-state index is 13.1. The molecule has 0 aliphatic heterocycles. The molecule has 3 aromatic rings. The molecule has 2 heterocycles. The van der Waals surface area contributed by atoms with Crippen LogP contribution in [0.1, 0.15) is 5.56 Å². The van der Waals surface area contributed by atoms with Crippen LogP contribution in [0.15, 0.2) is 65.7 Å². The van der Waals surface area contributed by atoms with E-state index in [1.807, 2.05) is 22.2 Å². The van der Waals surface area contributed by atoms with Crippen molar-refractivity contribution in [1.82, 2.24) is 9.66 Å². The maximum absolute atomic E-state index is 13.1. The topological polar surface area (TPSA) is 42.2 Å². The monoisotopic (exact) mass is 326 g/mol. The van der Waals surface area contributed by atoms with Gasteiger partial charge in [-0.05, 0) is 36.4 Å². The number of hydrogen-bond acceptors (Lipinski definition) is 4. The van der Waals surface area contributed by atoms with Crippen LogP contribution in [-0.2, 0) is 0 Å². The van der Waals surface area contributed by atoms with Gasteiger partial charge in [0.05, 0.1) is 11.4 Å². The predicted molar refractivity (Wildman–Crippen MR) is 91.8 cm³/mol. The van der Waals surface area contributed by atoms with Crippen LogP contribution in [-0.4, -0.2) is 16.7 Å². The SMILES string of the molecule is C=C(Nn1c(-c2ccc(F)cc2)csc1=NC)c1ccncc1. The number of thiazole rings is 1. The van der Waals surface area contributed by atoms with Crippen LogP contribution in [0.25, 0.3) is 17.0 Å². The van der Waals surface area contributed by atoms with Crippen LogP contribution >= 0.6 is 11.3 Å². The second-order valence-electron chi connectivity index (χ2n) is 4.80. The molecule has 0 fully saturated rings. The Balaban J connectivity index is 2.00. The van der Waals surface area contributed by atoms with Crippen LogP contribution in [0.4, 0.5) is 4.39 Å². The first kappa shape index (κ1) is 15.2. The van der Waals surface area contributed by atoms with Gasteiger partial charge < -0.3 is 0 Å². The first-order valence-electron chi connectivity index (χ1n) is 6.94. The minimum absolute atomic E-state index is 0.259. The Kier molecular flexibility index (Phi) is 4.34. The van der Waals surface area contributed by atoms with E-state index < -0.39 is 0 Å². The minimum Gasteiger partial charge on any atom is -0.292 e. The van der Waals surface area contributed by atoms with Gasteiger partial charge in [0.15, 0.2) is 0 Å². The number of pyridine rings is 1. The molecule has 116 valence electrons. The summed E-state index contributed by atoms with van der Waals surface area (Å²) in [6, 6.07) is 10.1. The quantitative estimate of drug-likeness (QED) is 0.797. The standard InChI is InChI=1S/C17H15FN4S/c1-12(13-7-9-20-10-8-13)21-22-16(11-23-17(22)19-2)14-3-5-15(18)6-4-14/h3-11,21H,1H2,2H3. The third-order valence-corrected chi connectivity index (χ3v) is 4.23. The predicted octanol–water partition coefficient (Wildman–Crippen LogP) is 3.50. The summed E-state index contributed by atoms with van der Waals surface area (Å²) in [5.74, 6) is -0.259. The molecule has 0 spiro atoms. The molecule has 0 saturated heterocycles. The van der Waals surface area contributed by atoms with Crippen LogP contribution in [0, 0.1) is 5.82 Å². The van der Waals surface area contributed by atoms with Crippen molar-refractivity contribution >= 4 is 17.0 Å². The van der Waals surface area contributed by atoms with Gasteiger partial charge in [-0.15, -0.1) is 11.3 Å². The largest absolute Gasteiger partial charge is 0.292 e. The van der Waals surface area contributed by atoms with Crippen LogP contribution in [0.2, 0.25) is 0 Å². The molecule has 0 unspecified atom stereocenters. The van der Waals surface area contributed by atoms with Crippen LogP contribution in [0.3, 0.4) is 0 Å². The Bertz CT molecular complexity index is 879. The van der Waals surface area contributed by atoms with Crippen molar-refractivity contribution in [2.45, 2.75) is 0 Å². The van der Waals surface area contributed by atoms with E-state index in [-0.39, 0.29) is 5.82 Å². The van der Waals surface area contributed by atoms with E-state index in [4.69, 9.17) is 0 Å². The lowest BCUT2D eigenvalue weighted by atomic mass is 10.2. The van der Waals surface area contributed by atoms with Gasteiger partial charge in [0.1, 0.15) is 5.82 Å². The van der Waals surface area contributed by atoms with Gasteiger partial charge in [-0.1, -0.05) is 6.58 Å². The first-order valence-corrected chi connectivity index (χ1v) is 7.82. The Morgan fingerprint density at radius 3 is 2.57 bits per heavy atom. The summed E-state index contributed by atoms with van der Waals surface area (Å²) in [7, 11) is 1.73. The molecule has 6 heteroatoms. The molecule has 0 aliphatic rings. The summed E-state index contributed by atoms with van der Waals surface area (Å²) < 4.78 is 15.0. The van der Waals surface area contributed by atoms with Gasteiger partial charge in [-0.25, -0.2) is 9.07 Å². The third-order valence-electron chi connectivity index (χ3n) is 3.31. The van der Waals surface area contributed by atoms with E-state index in [1.165, 1.54) is 23.5 Å². The van der Waals surface area contributed by atoms with E-state index in [1.54, 1.807) is 31.6 Å². The van der Waals surface area contributed by atoms with Gasteiger partial charge in [-0.3, -0.25) is 15.4 Å². The summed E-state index contributed by atoms with van der Waals surface area (Å²) in [6.45, 7) is 4.07. The van der Waals surface area contributed by atoms with E-state index in [0.717, 1.165) is 27.3 Å². The van der Waals surface area contributed by atoms with Crippen molar-refractivity contribution in [3.05, 3.63) is 76.9 Å². The number of benzene rings is 1. The smallest absolute Gasteiger partial charge is 0.204 e. The maximum Gasteiger partial charge on any atom is 0.204 e. The van der Waals surface area contributed by atoms with Crippen LogP contribution < -0.4 is 10.2 Å². The average Bonchev–Trinajstić information content (AvgIpc) is 2.99. The fourth-order valence-electron chi connectivity index (χ4n) is 2.15. The summed E-state index contributed by atoms with van der Waals surface area (Å²) in [4.78, 5) is 9.07. The molecule has 3 rings (SSSR count). The molecule has 4 nitrogen and oxygen atoms in total. The van der Waals surface area contributed by atoms with Gasteiger partial charge in [0.25, 0.3) is 0 Å². The number of nitrogens with zero attached hydrogens (tertiary/aromatic N) is 3. The normalized spacial score (nSPS) is 11.5. The molecule has 0 atom stereocenters. The van der Waals surface area contributed by atoms with Gasteiger partial charge in [-0.2, -0.15) is 0 Å². The highest BCUT2D eigenvalue weighted by molar-refractivity contribution is 7.07. The summed E-state index contributed by atoms with van der Waals surface area (Å²) >= 11 is 1.50. The molecule has 2 aromatic heterocycles. The van der Waals surface area contributed by atoms with E-state index >= 15 is 0 Å². The molecule has 0 radical (unpaired) electrons. The van der Waals surface area contributed by atoms with Gasteiger partial charge in [0.2, 0.25) is 4.80 Å². The fourth-order valence-corrected chi connectivity index (χ4v) is 2.96. The fraction of sp³-hybridized carbons (Fsp3) is 0.0588. The number of hydrogen-bond donors (Lipinski definition) is 1. The number of halogens is 1. The highest BCUT2D eigenvalue weighted by Crippen LogP contribution is 2.21. The lowest BCUT2D eigenvalue weighted by molar-refractivity contribution is 0.628. The Morgan fingerprint density at radius 1 is 1.22 bits per heavy atom. The molecular weight excluding hydrogens is 311 g/mol. The lowest BCUT2D eigenvalue weighted by Gasteiger charge is -2.14. The van der Waals surface area contributed by atoms with Crippen molar-refractivity contribution in [2.24, 2.45) is 4.99 Å². The zero-order valence-corrected chi connectivity index (χ0v) is 13.3. The number of aromatic nitrogens is 2. The van der Waals surface area contributed by atoms with Crippen molar-refractivity contribution in [2.75, 3.05) is 12.5 Å². The van der Waals surface area contributed by atoms with Crippen molar-refractivity contribution in [3.63, 3.8) is 0 Å². The van der Waals surface area contributed by atoms with E-state index in [0.29, 0.717) is 0 Å². The zero-order valence-electron chi connectivity index (χ0n) is 12.5. The zero-order chi connectivity index (χ0) is 16.2. The molecule has 1 aromatic carbocycles. The molecule has 1 N–H and O–H groups in total. The van der Waals surface area contributed by atoms with Crippen molar-refractivity contribution in [3.8, 4) is 11.3 Å². The summed E-state index contributed by atoms with van der Waals surface area (Å²) in [6.07, 6.45) is 3.43. The van der Waals surface area contributed by atoms with E-state index in [2.05, 4.69) is 22.0 Å². The summed E-state index contributed by atoms with van der Waals surface area (Å²) in [5.41, 5.74) is 6.71. The highest BCUT2D eigenvalue weighted by Gasteiger charge is 2.09. The minimum atomic E-state index is -0.259.